The number of sulfone groups is 1. The summed E-state index contributed by atoms with van der Waals surface area (Å²) in [6, 6.07) is 0.181. The maximum atomic E-state index is 10.8. The molecule has 0 aliphatic carbocycles. The van der Waals surface area contributed by atoms with E-state index in [9.17, 15) is 8.42 Å². The molecule has 0 saturated carbocycles. The molecule has 2 N–H and O–H groups in total. The van der Waals surface area contributed by atoms with Crippen molar-refractivity contribution in [1.29, 1.82) is 0 Å². The first-order valence-corrected chi connectivity index (χ1v) is 6.49. The zero-order valence-electron chi connectivity index (χ0n) is 8.66. The second kappa shape index (κ2) is 5.57. The van der Waals surface area contributed by atoms with Crippen molar-refractivity contribution >= 4 is 9.84 Å². The van der Waals surface area contributed by atoms with Crippen LogP contribution < -0.4 is 5.73 Å². The molecule has 4 nitrogen and oxygen atoms in total. The summed E-state index contributed by atoms with van der Waals surface area (Å²) in [5.74, 6) is 0.225. The highest BCUT2D eigenvalue weighted by Gasteiger charge is 2.05. The molecule has 0 aromatic carbocycles. The SMILES string of the molecule is CC(N)CCN(C)CCS(C)(=O)=O. The van der Waals surface area contributed by atoms with E-state index in [1.165, 1.54) is 6.26 Å². The molecule has 0 aromatic heterocycles. The minimum absolute atomic E-state index is 0.181. The quantitative estimate of drug-likeness (QED) is 0.651. The van der Waals surface area contributed by atoms with Crippen LogP contribution in [0.3, 0.4) is 0 Å². The minimum Gasteiger partial charge on any atom is -0.328 e. The van der Waals surface area contributed by atoms with E-state index in [-0.39, 0.29) is 11.8 Å². The van der Waals surface area contributed by atoms with Gasteiger partial charge in [0.05, 0.1) is 5.75 Å². The van der Waals surface area contributed by atoms with Crippen molar-refractivity contribution in [2.24, 2.45) is 5.73 Å². The summed E-state index contributed by atoms with van der Waals surface area (Å²) in [5, 5.41) is 0. The van der Waals surface area contributed by atoms with E-state index in [1.54, 1.807) is 0 Å². The molecule has 0 bridgehead atoms. The van der Waals surface area contributed by atoms with Gasteiger partial charge in [0, 0.05) is 18.8 Å². The smallest absolute Gasteiger partial charge is 0.148 e. The van der Waals surface area contributed by atoms with Crippen molar-refractivity contribution in [1.82, 2.24) is 4.90 Å². The first-order chi connectivity index (χ1) is 5.81. The highest BCUT2D eigenvalue weighted by molar-refractivity contribution is 7.90. The van der Waals surface area contributed by atoms with Gasteiger partial charge >= 0.3 is 0 Å². The van der Waals surface area contributed by atoms with Crippen LogP contribution in [-0.4, -0.2) is 51.5 Å². The van der Waals surface area contributed by atoms with Gasteiger partial charge in [0.25, 0.3) is 0 Å². The Morgan fingerprint density at radius 3 is 2.31 bits per heavy atom. The van der Waals surface area contributed by atoms with Gasteiger partial charge < -0.3 is 10.6 Å². The van der Waals surface area contributed by atoms with Gasteiger partial charge in [-0.1, -0.05) is 0 Å². The van der Waals surface area contributed by atoms with Crippen molar-refractivity contribution in [2.75, 3.05) is 32.1 Å². The van der Waals surface area contributed by atoms with E-state index in [0.717, 1.165) is 13.0 Å². The lowest BCUT2D eigenvalue weighted by Gasteiger charge is -2.16. The van der Waals surface area contributed by atoms with Crippen LogP contribution in [0.4, 0.5) is 0 Å². The summed E-state index contributed by atoms with van der Waals surface area (Å²) in [7, 11) is -0.920. The third kappa shape index (κ3) is 9.79. The van der Waals surface area contributed by atoms with Crippen molar-refractivity contribution in [3.05, 3.63) is 0 Å². The summed E-state index contributed by atoms with van der Waals surface area (Å²) < 4.78 is 21.6. The molecule has 0 rings (SSSR count). The topological polar surface area (TPSA) is 63.4 Å². The van der Waals surface area contributed by atoms with Gasteiger partial charge in [-0.3, -0.25) is 0 Å². The fraction of sp³-hybridized carbons (Fsp3) is 1.00. The van der Waals surface area contributed by atoms with Gasteiger partial charge in [0.1, 0.15) is 9.84 Å². The Kier molecular flexibility index (Phi) is 5.51. The summed E-state index contributed by atoms with van der Waals surface area (Å²) in [4.78, 5) is 1.99. The monoisotopic (exact) mass is 208 g/mol. The van der Waals surface area contributed by atoms with Crippen LogP contribution in [0.5, 0.6) is 0 Å². The first-order valence-electron chi connectivity index (χ1n) is 4.43. The molecule has 1 atom stereocenters. The first kappa shape index (κ1) is 12.9. The summed E-state index contributed by atoms with van der Waals surface area (Å²) >= 11 is 0. The molecule has 80 valence electrons. The maximum Gasteiger partial charge on any atom is 0.148 e. The standard InChI is InChI=1S/C8H20N2O2S/c1-8(9)4-5-10(2)6-7-13(3,11)12/h8H,4-7,9H2,1-3H3. The van der Waals surface area contributed by atoms with Gasteiger partial charge in [-0.2, -0.15) is 0 Å². The normalized spacial score (nSPS) is 14.8. The summed E-state index contributed by atoms with van der Waals surface area (Å²) in [6.45, 7) is 3.39. The lowest BCUT2D eigenvalue weighted by molar-refractivity contribution is 0.338. The van der Waals surface area contributed by atoms with Crippen molar-refractivity contribution in [3.63, 3.8) is 0 Å². The second-order valence-corrected chi connectivity index (χ2v) is 5.96. The molecular weight excluding hydrogens is 188 g/mol. The van der Waals surface area contributed by atoms with Crippen LogP contribution in [0.2, 0.25) is 0 Å². The summed E-state index contributed by atoms with van der Waals surface area (Å²) in [6.07, 6.45) is 2.16. The van der Waals surface area contributed by atoms with E-state index in [1.807, 2.05) is 18.9 Å². The van der Waals surface area contributed by atoms with E-state index >= 15 is 0 Å². The molecule has 0 saturated heterocycles. The fourth-order valence-electron chi connectivity index (χ4n) is 0.857. The number of nitrogens with two attached hydrogens (primary N) is 1. The molecule has 0 aliphatic heterocycles. The molecule has 0 aliphatic rings. The third-order valence-electron chi connectivity index (χ3n) is 1.81. The molecule has 1 unspecified atom stereocenters. The third-order valence-corrected chi connectivity index (χ3v) is 2.73. The number of rotatable bonds is 6. The Labute approximate surface area is 81.0 Å². The van der Waals surface area contributed by atoms with Gasteiger partial charge in [0.15, 0.2) is 0 Å². The van der Waals surface area contributed by atoms with E-state index in [4.69, 9.17) is 5.73 Å². The highest BCUT2D eigenvalue weighted by Crippen LogP contribution is 1.92. The summed E-state index contributed by atoms with van der Waals surface area (Å²) in [5.41, 5.74) is 5.58. The van der Waals surface area contributed by atoms with Crippen LogP contribution in [0.25, 0.3) is 0 Å². The van der Waals surface area contributed by atoms with Gasteiger partial charge in [-0.15, -0.1) is 0 Å². The van der Waals surface area contributed by atoms with Crippen molar-refractivity contribution in [3.8, 4) is 0 Å². The molecule has 13 heavy (non-hydrogen) atoms. The molecular formula is C8H20N2O2S. The second-order valence-electron chi connectivity index (χ2n) is 3.70. The Balaban J connectivity index is 3.58. The number of hydrogen-bond donors (Lipinski definition) is 1. The van der Waals surface area contributed by atoms with Gasteiger partial charge in [-0.25, -0.2) is 8.42 Å². The molecule has 0 fully saturated rings. The number of hydrogen-bond acceptors (Lipinski definition) is 4. The van der Waals surface area contributed by atoms with Crippen LogP contribution in [-0.2, 0) is 9.84 Å². The Morgan fingerprint density at radius 2 is 1.92 bits per heavy atom. The fourth-order valence-corrected chi connectivity index (χ4v) is 1.50. The van der Waals surface area contributed by atoms with E-state index in [0.29, 0.717) is 6.54 Å². The lowest BCUT2D eigenvalue weighted by Crippen LogP contribution is -2.29. The van der Waals surface area contributed by atoms with Crippen LogP contribution in [0.15, 0.2) is 0 Å². The van der Waals surface area contributed by atoms with E-state index in [2.05, 4.69) is 0 Å². The van der Waals surface area contributed by atoms with Gasteiger partial charge in [-0.05, 0) is 26.9 Å². The van der Waals surface area contributed by atoms with E-state index < -0.39 is 9.84 Å². The van der Waals surface area contributed by atoms with Crippen LogP contribution in [0, 0.1) is 0 Å². The Morgan fingerprint density at radius 1 is 1.38 bits per heavy atom. The predicted octanol–water partition coefficient (Wildman–Crippen LogP) is -0.300. The largest absolute Gasteiger partial charge is 0.328 e. The Hall–Kier alpha value is -0.130. The molecule has 5 heteroatoms. The maximum absolute atomic E-state index is 10.8. The van der Waals surface area contributed by atoms with Crippen molar-refractivity contribution < 1.29 is 8.42 Å². The highest BCUT2D eigenvalue weighted by atomic mass is 32.2. The average Bonchev–Trinajstić information content (AvgIpc) is 1.95. The zero-order valence-corrected chi connectivity index (χ0v) is 9.47. The molecule has 0 aromatic rings. The van der Waals surface area contributed by atoms with Crippen LogP contribution >= 0.6 is 0 Å². The average molecular weight is 208 g/mol. The molecule has 0 radical (unpaired) electrons. The predicted molar refractivity (Wildman–Crippen MR) is 55.5 cm³/mol. The molecule has 0 amide bonds. The zero-order chi connectivity index (χ0) is 10.5. The van der Waals surface area contributed by atoms with Crippen LogP contribution in [0.1, 0.15) is 13.3 Å². The number of nitrogens with zero attached hydrogens (tertiary/aromatic N) is 1. The lowest BCUT2D eigenvalue weighted by atomic mass is 10.2. The van der Waals surface area contributed by atoms with Crippen molar-refractivity contribution in [2.45, 2.75) is 19.4 Å². The van der Waals surface area contributed by atoms with Gasteiger partial charge in [0.2, 0.25) is 0 Å². The molecule has 0 spiro atoms. The molecule has 0 heterocycles. The minimum atomic E-state index is -2.83. The Bertz CT molecular complexity index is 224.